The van der Waals surface area contributed by atoms with Crippen LogP contribution < -0.4 is 0 Å². The minimum atomic E-state index is -0.269. The molecular weight excluding hydrogens is 204 g/mol. The Bertz CT molecular complexity index is 470. The number of rotatable bonds is 4. The Hall–Kier alpha value is -2.02. The molecule has 0 aliphatic rings. The van der Waals surface area contributed by atoms with E-state index in [0.717, 1.165) is 16.7 Å². The number of hydrogen-bond acceptors (Lipinski definition) is 4. The van der Waals surface area contributed by atoms with Gasteiger partial charge in [-0.2, -0.15) is 4.99 Å². The summed E-state index contributed by atoms with van der Waals surface area (Å²) < 4.78 is 0. The van der Waals surface area contributed by atoms with Crippen molar-refractivity contribution < 1.29 is 9.59 Å². The zero-order valence-electron chi connectivity index (χ0n) is 9.23. The van der Waals surface area contributed by atoms with Gasteiger partial charge in [0, 0.05) is 0 Å². The van der Waals surface area contributed by atoms with Gasteiger partial charge in [0.25, 0.3) is 0 Å². The summed E-state index contributed by atoms with van der Waals surface area (Å²) in [5.74, 6) is 0. The molecule has 0 radical (unpaired) electrons. The number of hydrogen-bond donors (Lipinski definition) is 0. The van der Waals surface area contributed by atoms with E-state index in [1.807, 2.05) is 25.1 Å². The van der Waals surface area contributed by atoms with Gasteiger partial charge in [0.15, 0.2) is 0 Å². The molecule has 1 aromatic carbocycles. The minimum absolute atomic E-state index is 0.268. The van der Waals surface area contributed by atoms with Crippen LogP contribution in [-0.2, 0) is 16.1 Å². The van der Waals surface area contributed by atoms with E-state index in [0.29, 0.717) is 0 Å². The number of isocyanates is 2. The van der Waals surface area contributed by atoms with Crippen LogP contribution in [0, 0.1) is 6.92 Å². The predicted molar refractivity (Wildman–Crippen MR) is 59.5 cm³/mol. The van der Waals surface area contributed by atoms with Crippen molar-refractivity contribution in [2.45, 2.75) is 26.4 Å². The topological polar surface area (TPSA) is 58.9 Å². The van der Waals surface area contributed by atoms with Crippen LogP contribution in [0.15, 0.2) is 28.2 Å². The maximum absolute atomic E-state index is 10.2. The van der Waals surface area contributed by atoms with Crippen LogP contribution in [-0.4, -0.2) is 12.2 Å². The Morgan fingerprint density at radius 2 is 2.06 bits per heavy atom. The summed E-state index contributed by atoms with van der Waals surface area (Å²) in [4.78, 5) is 27.6. The average Bonchev–Trinajstić information content (AvgIpc) is 2.27. The van der Waals surface area contributed by atoms with Gasteiger partial charge in [-0.25, -0.2) is 14.6 Å². The Labute approximate surface area is 93.7 Å². The maximum atomic E-state index is 10.2. The van der Waals surface area contributed by atoms with Crippen molar-refractivity contribution in [1.82, 2.24) is 0 Å². The largest absolute Gasteiger partial charge is 0.235 e. The SMILES string of the molecule is Cc1cccc(C(C)N=C=O)c1CN=C=O. The maximum Gasteiger partial charge on any atom is 0.235 e. The Kier molecular flexibility index (Phi) is 4.34. The van der Waals surface area contributed by atoms with Crippen LogP contribution in [0.25, 0.3) is 0 Å². The molecule has 0 aliphatic heterocycles. The smallest absolute Gasteiger partial charge is 0.211 e. The van der Waals surface area contributed by atoms with E-state index in [2.05, 4.69) is 9.98 Å². The molecule has 82 valence electrons. The van der Waals surface area contributed by atoms with Crippen LogP contribution >= 0.6 is 0 Å². The predicted octanol–water partition coefficient (Wildman–Crippen LogP) is 2.23. The third-order valence-corrected chi connectivity index (χ3v) is 2.44. The van der Waals surface area contributed by atoms with E-state index in [4.69, 9.17) is 0 Å². The molecule has 4 nitrogen and oxygen atoms in total. The highest BCUT2D eigenvalue weighted by Crippen LogP contribution is 2.24. The highest BCUT2D eigenvalue weighted by atomic mass is 16.1. The number of benzene rings is 1. The highest BCUT2D eigenvalue weighted by molar-refractivity contribution is 5.41. The van der Waals surface area contributed by atoms with Crippen molar-refractivity contribution in [2.24, 2.45) is 9.98 Å². The number of carbonyl (C=O) groups excluding carboxylic acids is 2. The van der Waals surface area contributed by atoms with Crippen LogP contribution in [0.3, 0.4) is 0 Å². The van der Waals surface area contributed by atoms with E-state index in [1.165, 1.54) is 12.2 Å². The molecule has 1 atom stereocenters. The van der Waals surface area contributed by atoms with Gasteiger partial charge in [0.1, 0.15) is 0 Å². The van der Waals surface area contributed by atoms with Crippen LogP contribution in [0.5, 0.6) is 0 Å². The van der Waals surface area contributed by atoms with Crippen LogP contribution in [0.2, 0.25) is 0 Å². The third kappa shape index (κ3) is 2.74. The first-order valence-electron chi connectivity index (χ1n) is 4.89. The monoisotopic (exact) mass is 216 g/mol. The van der Waals surface area contributed by atoms with Crippen molar-refractivity contribution in [1.29, 1.82) is 0 Å². The fourth-order valence-electron chi connectivity index (χ4n) is 1.59. The van der Waals surface area contributed by atoms with Crippen molar-refractivity contribution >= 4 is 12.2 Å². The molecular formula is C12H12N2O2. The first-order valence-corrected chi connectivity index (χ1v) is 4.89. The van der Waals surface area contributed by atoms with Crippen molar-refractivity contribution in [3.8, 4) is 0 Å². The second-order valence-electron chi connectivity index (χ2n) is 3.45. The Morgan fingerprint density at radius 3 is 2.69 bits per heavy atom. The van der Waals surface area contributed by atoms with Gasteiger partial charge in [0.05, 0.1) is 12.6 Å². The van der Waals surface area contributed by atoms with E-state index >= 15 is 0 Å². The van der Waals surface area contributed by atoms with Gasteiger partial charge in [-0.1, -0.05) is 18.2 Å². The van der Waals surface area contributed by atoms with E-state index in [1.54, 1.807) is 6.92 Å². The summed E-state index contributed by atoms with van der Waals surface area (Å²) >= 11 is 0. The molecule has 0 heterocycles. The Balaban J connectivity index is 3.20. The van der Waals surface area contributed by atoms with Gasteiger partial charge in [-0.3, -0.25) is 0 Å². The van der Waals surface area contributed by atoms with E-state index in [9.17, 15) is 9.59 Å². The molecule has 0 aliphatic carbocycles. The standard InChI is InChI=1S/C12H12N2O2/c1-9-4-3-5-11(10(2)14-8-16)12(9)6-13-7-15/h3-5,10H,6H2,1-2H3. The molecule has 1 unspecified atom stereocenters. The molecule has 0 aromatic heterocycles. The molecule has 1 aromatic rings. The lowest BCUT2D eigenvalue weighted by molar-refractivity contribution is 0.558. The molecule has 16 heavy (non-hydrogen) atoms. The number of aryl methyl sites for hydroxylation is 1. The molecule has 0 N–H and O–H groups in total. The summed E-state index contributed by atoms with van der Waals surface area (Å²) in [6.07, 6.45) is 3.04. The summed E-state index contributed by atoms with van der Waals surface area (Å²) in [6, 6.07) is 5.41. The lowest BCUT2D eigenvalue weighted by Crippen LogP contribution is -1.99. The summed E-state index contributed by atoms with van der Waals surface area (Å²) in [6.45, 7) is 3.99. The van der Waals surface area contributed by atoms with Gasteiger partial charge in [-0.05, 0) is 30.5 Å². The normalized spacial score (nSPS) is 11.1. The van der Waals surface area contributed by atoms with E-state index in [-0.39, 0.29) is 12.6 Å². The summed E-state index contributed by atoms with van der Waals surface area (Å²) in [7, 11) is 0. The van der Waals surface area contributed by atoms with Crippen molar-refractivity contribution in [2.75, 3.05) is 0 Å². The zero-order valence-corrected chi connectivity index (χ0v) is 9.23. The lowest BCUT2D eigenvalue weighted by Gasteiger charge is -2.12. The number of aliphatic imine (C=N–C) groups is 2. The van der Waals surface area contributed by atoms with E-state index < -0.39 is 0 Å². The summed E-state index contributed by atoms with van der Waals surface area (Å²) in [5.41, 5.74) is 2.82. The molecule has 0 bridgehead atoms. The minimum Gasteiger partial charge on any atom is -0.211 e. The van der Waals surface area contributed by atoms with Gasteiger partial charge >= 0.3 is 0 Å². The second kappa shape index (κ2) is 5.76. The Morgan fingerprint density at radius 1 is 1.31 bits per heavy atom. The molecule has 0 spiro atoms. The molecule has 4 heteroatoms. The van der Waals surface area contributed by atoms with Crippen molar-refractivity contribution in [3.63, 3.8) is 0 Å². The van der Waals surface area contributed by atoms with Gasteiger partial charge in [0.2, 0.25) is 12.2 Å². The molecule has 0 saturated heterocycles. The van der Waals surface area contributed by atoms with Crippen molar-refractivity contribution in [3.05, 3.63) is 34.9 Å². The van der Waals surface area contributed by atoms with Crippen LogP contribution in [0.4, 0.5) is 0 Å². The fraction of sp³-hybridized carbons (Fsp3) is 0.333. The molecule has 1 rings (SSSR count). The quantitative estimate of drug-likeness (QED) is 0.572. The molecule has 0 saturated carbocycles. The molecule has 0 amide bonds. The third-order valence-electron chi connectivity index (χ3n) is 2.44. The molecule has 0 fully saturated rings. The zero-order chi connectivity index (χ0) is 12.0. The highest BCUT2D eigenvalue weighted by Gasteiger charge is 2.10. The average molecular weight is 216 g/mol. The van der Waals surface area contributed by atoms with Crippen LogP contribution in [0.1, 0.15) is 29.7 Å². The van der Waals surface area contributed by atoms with Gasteiger partial charge in [-0.15, -0.1) is 0 Å². The number of nitrogens with zero attached hydrogens (tertiary/aromatic N) is 2. The first-order chi connectivity index (χ1) is 7.70. The second-order valence-corrected chi connectivity index (χ2v) is 3.45. The first kappa shape index (κ1) is 12.1. The lowest BCUT2D eigenvalue weighted by atomic mass is 9.97. The van der Waals surface area contributed by atoms with Gasteiger partial charge < -0.3 is 0 Å². The summed E-state index contributed by atoms with van der Waals surface area (Å²) in [5, 5.41) is 0. The fourth-order valence-corrected chi connectivity index (χ4v) is 1.59.